The quantitative estimate of drug-likeness (QED) is 0.227. The lowest BCUT2D eigenvalue weighted by Gasteiger charge is -2.33. The number of terminal acetylenes is 1. The minimum Gasteiger partial charge on any atom is -0.481 e. The van der Waals surface area contributed by atoms with Gasteiger partial charge in [-0.2, -0.15) is 0 Å². The highest BCUT2D eigenvalue weighted by Crippen LogP contribution is 2.59. The number of hydrogen-bond donors (Lipinski definition) is 3. The van der Waals surface area contributed by atoms with Crippen molar-refractivity contribution in [2.24, 2.45) is 11.3 Å². The molecule has 3 aromatic rings. The standard InChI is InChI=1S/C28H27ClFN5O9/c1-5-27(11-19(38)39)17(10-18(36)37)28(30,12-42-23(40)15-6-8-16(29)9-7-15)43-24(27)35-14-33-20-21(31-13-32-22(20)35)34-25(41)44-26(2,3)4/h1,6-9,13-14,17,24H,10-12H2,2-4H3,(H,36,37)(H,38,39)(H,31,32,34,41)/t17-,24+,27+,28-/m0/s1. The van der Waals surface area contributed by atoms with E-state index in [1.165, 1.54) is 24.3 Å². The summed E-state index contributed by atoms with van der Waals surface area (Å²) in [6.07, 6.45) is 3.47. The molecule has 3 heterocycles. The second-order valence-corrected chi connectivity index (χ2v) is 11.4. The maximum atomic E-state index is 16.8. The number of halogens is 2. The Balaban J connectivity index is 1.77. The van der Waals surface area contributed by atoms with Crippen molar-refractivity contribution in [3.8, 4) is 12.3 Å². The fourth-order valence-corrected chi connectivity index (χ4v) is 5.04. The second kappa shape index (κ2) is 12.1. The Kier molecular flexibility index (Phi) is 8.80. The Morgan fingerprint density at radius 3 is 2.43 bits per heavy atom. The maximum Gasteiger partial charge on any atom is 0.413 e. The van der Waals surface area contributed by atoms with Gasteiger partial charge >= 0.3 is 24.0 Å². The minimum atomic E-state index is -3.09. The number of aliphatic carboxylic acids is 2. The smallest absolute Gasteiger partial charge is 0.413 e. The fraction of sp³-hybridized carbons (Fsp3) is 0.393. The molecule has 1 saturated heterocycles. The molecule has 0 radical (unpaired) electrons. The van der Waals surface area contributed by atoms with Gasteiger partial charge in [-0.3, -0.25) is 19.5 Å². The van der Waals surface area contributed by atoms with Crippen molar-refractivity contribution in [3.05, 3.63) is 47.5 Å². The zero-order valence-corrected chi connectivity index (χ0v) is 24.4. The van der Waals surface area contributed by atoms with Crippen LogP contribution >= 0.6 is 11.6 Å². The van der Waals surface area contributed by atoms with Crippen LogP contribution in [0.4, 0.5) is 15.0 Å². The Morgan fingerprint density at radius 2 is 1.84 bits per heavy atom. The molecule has 1 aromatic carbocycles. The summed E-state index contributed by atoms with van der Waals surface area (Å²) in [5, 5.41) is 22.3. The van der Waals surface area contributed by atoms with E-state index in [4.69, 9.17) is 32.2 Å². The van der Waals surface area contributed by atoms with E-state index in [1.54, 1.807) is 20.8 Å². The summed E-state index contributed by atoms with van der Waals surface area (Å²) in [5.74, 6) is -6.74. The van der Waals surface area contributed by atoms with Crippen molar-refractivity contribution < 1.29 is 48.0 Å². The number of ether oxygens (including phenoxy) is 3. The maximum absolute atomic E-state index is 16.8. The van der Waals surface area contributed by atoms with Crippen molar-refractivity contribution in [3.63, 3.8) is 0 Å². The number of fused-ring (bicyclic) bond motifs is 1. The molecule has 1 fully saturated rings. The molecule has 1 aliphatic rings. The van der Waals surface area contributed by atoms with Crippen LogP contribution in [0.2, 0.25) is 5.02 Å². The molecule has 16 heteroatoms. The minimum absolute atomic E-state index is 0.0124. The number of nitrogens with zero attached hydrogens (tertiary/aromatic N) is 4. The number of nitrogens with one attached hydrogen (secondary N) is 1. The van der Waals surface area contributed by atoms with E-state index >= 15 is 4.39 Å². The Labute approximate surface area is 254 Å². The molecule has 1 amide bonds. The van der Waals surface area contributed by atoms with E-state index in [9.17, 15) is 29.4 Å². The molecule has 1 aliphatic heterocycles. The number of amides is 1. The molecule has 3 N–H and O–H groups in total. The molecular formula is C28H27ClFN5O9. The summed E-state index contributed by atoms with van der Waals surface area (Å²) in [5.41, 5.74) is -3.08. The van der Waals surface area contributed by atoms with Crippen LogP contribution in [0, 0.1) is 23.7 Å². The van der Waals surface area contributed by atoms with E-state index in [1.807, 2.05) is 0 Å². The molecule has 44 heavy (non-hydrogen) atoms. The predicted molar refractivity (Wildman–Crippen MR) is 150 cm³/mol. The molecule has 4 rings (SSSR count). The van der Waals surface area contributed by atoms with Crippen molar-refractivity contribution in [2.75, 3.05) is 11.9 Å². The number of carboxylic acids is 2. The highest BCUT2D eigenvalue weighted by Gasteiger charge is 2.67. The zero-order chi connectivity index (χ0) is 32.4. The zero-order valence-electron chi connectivity index (χ0n) is 23.6. The van der Waals surface area contributed by atoms with Crippen LogP contribution in [-0.4, -0.2) is 71.8 Å². The largest absolute Gasteiger partial charge is 0.481 e. The highest BCUT2D eigenvalue weighted by atomic mass is 35.5. The number of carbonyl (C=O) groups is 4. The van der Waals surface area contributed by atoms with Crippen LogP contribution in [0.25, 0.3) is 11.2 Å². The van der Waals surface area contributed by atoms with Gasteiger partial charge in [-0.25, -0.2) is 28.9 Å². The molecule has 0 aliphatic carbocycles. The van der Waals surface area contributed by atoms with Crippen LogP contribution in [0.15, 0.2) is 36.9 Å². The topological polar surface area (TPSA) is 192 Å². The lowest BCUT2D eigenvalue weighted by atomic mass is 9.69. The van der Waals surface area contributed by atoms with Crippen molar-refractivity contribution >= 4 is 52.6 Å². The van der Waals surface area contributed by atoms with Crippen LogP contribution < -0.4 is 5.32 Å². The summed E-state index contributed by atoms with van der Waals surface area (Å²) in [4.78, 5) is 61.4. The molecule has 2 aromatic heterocycles. The third-order valence-electron chi connectivity index (χ3n) is 6.69. The third-order valence-corrected chi connectivity index (χ3v) is 6.94. The van der Waals surface area contributed by atoms with Gasteiger partial charge in [0.15, 0.2) is 29.8 Å². The van der Waals surface area contributed by atoms with E-state index < -0.39 is 72.5 Å². The molecule has 0 unspecified atom stereocenters. The van der Waals surface area contributed by atoms with E-state index in [0.29, 0.717) is 5.02 Å². The molecule has 0 saturated carbocycles. The molecule has 232 valence electrons. The number of alkyl halides is 1. The molecular weight excluding hydrogens is 605 g/mol. The Morgan fingerprint density at radius 1 is 1.16 bits per heavy atom. The summed E-state index contributed by atoms with van der Waals surface area (Å²) in [6, 6.07) is 5.48. The lowest BCUT2D eigenvalue weighted by Crippen LogP contribution is -2.44. The number of esters is 1. The first-order valence-corrected chi connectivity index (χ1v) is 13.3. The van der Waals surface area contributed by atoms with Gasteiger partial charge in [-0.1, -0.05) is 17.5 Å². The highest BCUT2D eigenvalue weighted by molar-refractivity contribution is 6.30. The van der Waals surface area contributed by atoms with Crippen LogP contribution in [0.3, 0.4) is 0 Å². The fourth-order valence-electron chi connectivity index (χ4n) is 4.91. The SMILES string of the molecule is C#C[C@]1(CC(=O)O)[C@H](n2cnc3c(NC(=O)OC(C)(C)C)ncnc32)O[C@@](F)(COC(=O)c2ccc(Cl)cc2)[C@H]1CC(=O)O. The number of carboxylic acid groups (broad SMARTS) is 2. The van der Waals surface area contributed by atoms with Gasteiger partial charge in [-0.15, -0.1) is 6.42 Å². The number of hydrogen-bond acceptors (Lipinski definition) is 10. The van der Waals surface area contributed by atoms with E-state index in [2.05, 4.69) is 26.2 Å². The predicted octanol–water partition coefficient (Wildman–Crippen LogP) is 4.06. The van der Waals surface area contributed by atoms with Crippen LogP contribution in [0.5, 0.6) is 0 Å². The summed E-state index contributed by atoms with van der Waals surface area (Å²) in [6.45, 7) is 3.82. The number of benzene rings is 1. The first-order valence-electron chi connectivity index (χ1n) is 13.0. The first kappa shape index (κ1) is 32.1. The third kappa shape index (κ3) is 6.56. The number of carbonyl (C=O) groups excluding carboxylic acids is 2. The average molecular weight is 632 g/mol. The van der Waals surface area contributed by atoms with E-state index in [-0.39, 0.29) is 22.5 Å². The van der Waals surface area contributed by atoms with Crippen LogP contribution in [0.1, 0.15) is 50.2 Å². The normalized spacial score (nSPS) is 23.1. The number of rotatable bonds is 9. The van der Waals surface area contributed by atoms with Gasteiger partial charge in [0.1, 0.15) is 11.9 Å². The number of aromatic nitrogens is 4. The molecule has 14 nitrogen and oxygen atoms in total. The summed E-state index contributed by atoms with van der Waals surface area (Å²) in [7, 11) is 0. The van der Waals surface area contributed by atoms with Gasteiger partial charge in [-0.05, 0) is 45.0 Å². The lowest BCUT2D eigenvalue weighted by molar-refractivity contribution is -0.196. The second-order valence-electron chi connectivity index (χ2n) is 10.9. The Hall–Kier alpha value is -4.81. The van der Waals surface area contributed by atoms with Crippen LogP contribution in [-0.2, 0) is 23.8 Å². The number of anilines is 1. The monoisotopic (exact) mass is 631 g/mol. The van der Waals surface area contributed by atoms with Gasteiger partial charge in [0.2, 0.25) is 0 Å². The first-order chi connectivity index (χ1) is 20.6. The molecule has 4 atom stereocenters. The molecule has 0 spiro atoms. The van der Waals surface area contributed by atoms with Crippen molar-refractivity contribution in [2.45, 2.75) is 51.3 Å². The van der Waals surface area contributed by atoms with Gasteiger partial charge in [0, 0.05) is 5.02 Å². The average Bonchev–Trinajstić information content (AvgIpc) is 3.45. The summed E-state index contributed by atoms with van der Waals surface area (Å²) >= 11 is 5.84. The Bertz CT molecular complexity index is 1650. The van der Waals surface area contributed by atoms with Gasteiger partial charge in [0.25, 0.3) is 5.85 Å². The molecule has 0 bridgehead atoms. The van der Waals surface area contributed by atoms with E-state index in [0.717, 1.165) is 17.2 Å². The van der Waals surface area contributed by atoms with Gasteiger partial charge in [0.05, 0.1) is 36.1 Å². The number of imidazole rings is 1. The van der Waals surface area contributed by atoms with Gasteiger partial charge < -0.3 is 24.4 Å². The van der Waals surface area contributed by atoms with Crippen molar-refractivity contribution in [1.29, 1.82) is 0 Å². The van der Waals surface area contributed by atoms with Crippen molar-refractivity contribution in [1.82, 2.24) is 19.5 Å². The summed E-state index contributed by atoms with van der Waals surface area (Å²) < 4.78 is 34.1.